The second-order valence-electron chi connectivity index (χ2n) is 6.63. The van der Waals surface area contributed by atoms with Gasteiger partial charge in [-0.15, -0.1) is 0 Å². The summed E-state index contributed by atoms with van der Waals surface area (Å²) in [7, 11) is -2.02. The number of halogens is 1. The van der Waals surface area contributed by atoms with E-state index in [-0.39, 0.29) is 0 Å². The number of aldehydes is 1. The molecular weight excluding hydrogens is 300 g/mol. The third-order valence-electron chi connectivity index (χ3n) is 4.51. The van der Waals surface area contributed by atoms with Gasteiger partial charge in [-0.1, -0.05) is 53.1 Å². The Bertz CT molecular complexity index is 488. The highest BCUT2D eigenvalue weighted by Crippen LogP contribution is 2.44. The molecule has 4 heteroatoms. The van der Waals surface area contributed by atoms with Crippen LogP contribution in [0.5, 0.6) is 5.75 Å². The minimum absolute atomic E-state index is 0.486. The molecule has 0 aliphatic heterocycles. The summed E-state index contributed by atoms with van der Waals surface area (Å²) in [6.45, 7) is 15.3. The van der Waals surface area contributed by atoms with E-state index in [4.69, 9.17) is 16.0 Å². The Morgan fingerprint density at radius 1 is 1.05 bits per heavy atom. The fourth-order valence-electron chi connectivity index (χ4n) is 3.43. The monoisotopic (exact) mass is 326 g/mol. The Morgan fingerprint density at radius 3 is 1.90 bits per heavy atom. The predicted octanol–water partition coefficient (Wildman–Crippen LogP) is 6.02. The van der Waals surface area contributed by atoms with Gasteiger partial charge >= 0.3 is 0 Å². The first-order chi connectivity index (χ1) is 9.68. The molecule has 0 atom stereocenters. The van der Waals surface area contributed by atoms with Crippen LogP contribution in [0.4, 0.5) is 0 Å². The van der Waals surface area contributed by atoms with Gasteiger partial charge in [-0.3, -0.25) is 4.79 Å². The Morgan fingerprint density at radius 2 is 1.52 bits per heavy atom. The van der Waals surface area contributed by atoms with Crippen LogP contribution in [0.1, 0.15) is 57.5 Å². The first-order valence-electron chi connectivity index (χ1n) is 7.61. The molecule has 1 aromatic carbocycles. The summed E-state index contributed by atoms with van der Waals surface area (Å²) in [5, 5.41) is 0.568. The third-order valence-corrected chi connectivity index (χ3v) is 11.0. The van der Waals surface area contributed by atoms with Crippen LogP contribution in [0, 0.1) is 6.92 Å². The van der Waals surface area contributed by atoms with Gasteiger partial charge in [0.2, 0.25) is 0 Å². The molecule has 1 rings (SSSR count). The van der Waals surface area contributed by atoms with E-state index in [0.29, 0.717) is 27.2 Å². The Hall–Kier alpha value is -0.803. The minimum Gasteiger partial charge on any atom is -0.542 e. The van der Waals surface area contributed by atoms with Crippen LogP contribution in [0.2, 0.25) is 21.6 Å². The molecule has 0 aliphatic carbocycles. The molecule has 0 aliphatic rings. The van der Waals surface area contributed by atoms with Gasteiger partial charge in [0.25, 0.3) is 8.32 Å². The highest BCUT2D eigenvalue weighted by atomic mass is 35.5. The van der Waals surface area contributed by atoms with Crippen molar-refractivity contribution in [2.75, 3.05) is 0 Å². The maximum atomic E-state index is 11.0. The number of carbonyl (C=O) groups excluding carboxylic acids is 1. The van der Waals surface area contributed by atoms with Gasteiger partial charge in [-0.2, -0.15) is 0 Å². The molecule has 0 fully saturated rings. The Kier molecular flexibility index (Phi) is 6.06. The molecule has 0 heterocycles. The zero-order valence-electron chi connectivity index (χ0n) is 14.2. The highest BCUT2D eigenvalue weighted by Gasteiger charge is 2.47. The first kappa shape index (κ1) is 18.2. The summed E-state index contributed by atoms with van der Waals surface area (Å²) in [6, 6.07) is 3.64. The van der Waals surface area contributed by atoms with Crippen molar-refractivity contribution in [3.05, 3.63) is 28.3 Å². The molecule has 0 spiro atoms. The molecule has 118 valence electrons. The second kappa shape index (κ2) is 6.97. The zero-order valence-corrected chi connectivity index (χ0v) is 15.9. The van der Waals surface area contributed by atoms with Gasteiger partial charge in [0.05, 0.1) is 5.02 Å². The van der Waals surface area contributed by atoms with Crippen LogP contribution in [0.3, 0.4) is 0 Å². The zero-order chi connectivity index (χ0) is 16.4. The molecule has 0 saturated carbocycles. The van der Waals surface area contributed by atoms with E-state index in [0.717, 1.165) is 17.6 Å². The largest absolute Gasteiger partial charge is 0.542 e. The smallest absolute Gasteiger partial charge is 0.258 e. The normalized spacial score (nSPS) is 12.3. The van der Waals surface area contributed by atoms with Crippen LogP contribution in [-0.4, -0.2) is 14.6 Å². The number of hydrogen-bond donors (Lipinski definition) is 0. The fourth-order valence-corrected chi connectivity index (χ4v) is 8.96. The summed E-state index contributed by atoms with van der Waals surface area (Å²) in [6.07, 6.45) is 0.836. The van der Waals surface area contributed by atoms with E-state index in [1.54, 1.807) is 6.07 Å². The maximum Gasteiger partial charge on any atom is 0.258 e. The van der Waals surface area contributed by atoms with Crippen molar-refractivity contribution in [2.24, 2.45) is 0 Å². The molecule has 0 radical (unpaired) electrons. The third kappa shape index (κ3) is 3.35. The standard InChI is InChI=1S/C17H27ClO2Si/c1-11(2)21(12(3)4,13(5)6)20-16-9-8-15(10-19)14(7)17(16)18/h8-13H,1-7H3. The van der Waals surface area contributed by atoms with E-state index in [9.17, 15) is 4.79 Å². The molecule has 0 unspecified atom stereocenters. The summed E-state index contributed by atoms with van der Waals surface area (Å²) in [4.78, 5) is 11.0. The van der Waals surface area contributed by atoms with Crippen LogP contribution >= 0.6 is 11.6 Å². The van der Waals surface area contributed by atoms with Crippen molar-refractivity contribution in [2.45, 2.75) is 65.1 Å². The van der Waals surface area contributed by atoms with Gasteiger partial charge < -0.3 is 4.43 Å². The number of carbonyl (C=O) groups is 1. The lowest BCUT2D eigenvalue weighted by Gasteiger charge is -2.42. The molecule has 1 aromatic rings. The summed E-state index contributed by atoms with van der Waals surface area (Å²) in [5.74, 6) is 0.725. The van der Waals surface area contributed by atoms with Gasteiger partial charge in [0.1, 0.15) is 12.0 Å². The minimum atomic E-state index is -2.02. The van der Waals surface area contributed by atoms with Crippen molar-refractivity contribution in [3.8, 4) is 5.75 Å². The van der Waals surface area contributed by atoms with Gasteiger partial charge in [-0.05, 0) is 41.2 Å². The lowest BCUT2D eigenvalue weighted by Crippen LogP contribution is -2.50. The van der Waals surface area contributed by atoms with E-state index in [1.807, 2.05) is 13.0 Å². The molecule has 21 heavy (non-hydrogen) atoms. The highest BCUT2D eigenvalue weighted by molar-refractivity contribution is 6.78. The summed E-state index contributed by atoms with van der Waals surface area (Å²) >= 11 is 6.44. The Labute approximate surface area is 135 Å². The van der Waals surface area contributed by atoms with Gasteiger partial charge in [0, 0.05) is 5.56 Å². The first-order valence-corrected chi connectivity index (χ1v) is 10.1. The van der Waals surface area contributed by atoms with Gasteiger partial charge in [-0.25, -0.2) is 0 Å². The quantitative estimate of drug-likeness (QED) is 0.472. The Balaban J connectivity index is 3.34. The van der Waals surface area contributed by atoms with Crippen LogP contribution in [0.15, 0.2) is 12.1 Å². The average molecular weight is 327 g/mol. The molecular formula is C17H27ClO2Si. The van der Waals surface area contributed by atoms with Crippen molar-refractivity contribution in [1.29, 1.82) is 0 Å². The van der Waals surface area contributed by atoms with Crippen LogP contribution in [-0.2, 0) is 0 Å². The van der Waals surface area contributed by atoms with E-state index in [2.05, 4.69) is 41.5 Å². The topological polar surface area (TPSA) is 26.3 Å². The lowest BCUT2D eigenvalue weighted by molar-refractivity contribution is 0.112. The molecule has 0 saturated heterocycles. The van der Waals surface area contributed by atoms with E-state index < -0.39 is 8.32 Å². The summed E-state index contributed by atoms with van der Waals surface area (Å²) < 4.78 is 6.59. The fraction of sp³-hybridized carbons (Fsp3) is 0.588. The van der Waals surface area contributed by atoms with Crippen LogP contribution < -0.4 is 4.43 Å². The molecule has 2 nitrogen and oxygen atoms in total. The molecule has 0 bridgehead atoms. The van der Waals surface area contributed by atoms with Gasteiger partial charge in [0.15, 0.2) is 0 Å². The number of hydrogen-bond acceptors (Lipinski definition) is 2. The molecule has 0 aromatic heterocycles. The van der Waals surface area contributed by atoms with Crippen molar-refractivity contribution in [3.63, 3.8) is 0 Å². The average Bonchev–Trinajstić information content (AvgIpc) is 2.39. The van der Waals surface area contributed by atoms with Crippen molar-refractivity contribution < 1.29 is 9.22 Å². The van der Waals surface area contributed by atoms with Crippen molar-refractivity contribution in [1.82, 2.24) is 0 Å². The maximum absolute atomic E-state index is 11.0. The van der Waals surface area contributed by atoms with E-state index >= 15 is 0 Å². The summed E-state index contributed by atoms with van der Waals surface area (Å²) in [5.41, 5.74) is 2.88. The lowest BCUT2D eigenvalue weighted by atomic mass is 10.1. The number of benzene rings is 1. The van der Waals surface area contributed by atoms with Crippen molar-refractivity contribution >= 4 is 26.2 Å². The van der Waals surface area contributed by atoms with Crippen LogP contribution in [0.25, 0.3) is 0 Å². The SMILES string of the molecule is Cc1c(C=O)ccc(O[Si](C(C)C)(C(C)C)C(C)C)c1Cl. The number of rotatable bonds is 6. The predicted molar refractivity (Wildman–Crippen MR) is 93.3 cm³/mol. The van der Waals surface area contributed by atoms with E-state index in [1.165, 1.54) is 0 Å². The molecule has 0 N–H and O–H groups in total. The second-order valence-corrected chi connectivity index (χ2v) is 12.4. The molecule has 0 amide bonds.